The van der Waals surface area contributed by atoms with Gasteiger partial charge in [-0.1, -0.05) is 59.5 Å². The average Bonchev–Trinajstić information content (AvgIpc) is 2.69. The molecule has 0 unspecified atom stereocenters. The van der Waals surface area contributed by atoms with Crippen LogP contribution in [-0.4, -0.2) is 17.4 Å². The van der Waals surface area contributed by atoms with Crippen molar-refractivity contribution in [2.24, 2.45) is 0 Å². The summed E-state index contributed by atoms with van der Waals surface area (Å²) in [7, 11) is 0. The van der Waals surface area contributed by atoms with Gasteiger partial charge in [-0.3, -0.25) is 9.59 Å². The van der Waals surface area contributed by atoms with E-state index in [0.717, 1.165) is 42.1 Å². The van der Waals surface area contributed by atoms with Crippen LogP contribution in [0.25, 0.3) is 0 Å². The van der Waals surface area contributed by atoms with Crippen molar-refractivity contribution in [3.05, 3.63) is 69.7 Å². The molecule has 2 N–H and O–H groups in total. The second-order valence-corrected chi connectivity index (χ2v) is 8.62. The number of carbonyl (C=O) groups excluding carboxylic acids is 2. The number of halogens is 1. The summed E-state index contributed by atoms with van der Waals surface area (Å²) in [5, 5.41) is 6.13. The van der Waals surface area contributed by atoms with E-state index in [2.05, 4.69) is 50.8 Å². The number of hydrogen-bond donors (Lipinski definition) is 2. The van der Waals surface area contributed by atoms with Gasteiger partial charge in [0.25, 0.3) is 5.91 Å². The van der Waals surface area contributed by atoms with E-state index < -0.39 is 0 Å². The van der Waals surface area contributed by atoms with Gasteiger partial charge in [-0.05, 0) is 54.7 Å². The Balaban J connectivity index is 1.70. The first-order valence-corrected chi connectivity index (χ1v) is 10.7. The van der Waals surface area contributed by atoms with Crippen LogP contribution in [-0.2, 0) is 17.8 Å². The molecule has 1 aliphatic rings. The molecule has 1 aliphatic carbocycles. The zero-order chi connectivity index (χ0) is 20.0. The van der Waals surface area contributed by atoms with Gasteiger partial charge in [0, 0.05) is 29.0 Å². The Hall–Kier alpha value is -2.14. The topological polar surface area (TPSA) is 58.2 Å². The Morgan fingerprint density at radius 1 is 0.929 bits per heavy atom. The summed E-state index contributed by atoms with van der Waals surface area (Å²) in [6, 6.07) is 15.8. The molecular weight excluding hydrogens is 416 g/mol. The fourth-order valence-electron chi connectivity index (χ4n) is 3.88. The monoisotopic (exact) mass is 442 g/mol. The average molecular weight is 443 g/mol. The number of nitrogens with one attached hydrogen (secondary N) is 2. The molecule has 0 atom stereocenters. The fourth-order valence-corrected chi connectivity index (χ4v) is 4.15. The lowest BCUT2D eigenvalue weighted by Crippen LogP contribution is -2.51. The molecule has 2 aromatic rings. The van der Waals surface area contributed by atoms with Crippen molar-refractivity contribution in [3.8, 4) is 0 Å². The third-order valence-electron chi connectivity index (χ3n) is 5.40. The first kappa shape index (κ1) is 20.6. The molecule has 0 bridgehead atoms. The highest BCUT2D eigenvalue weighted by molar-refractivity contribution is 9.10. The summed E-state index contributed by atoms with van der Waals surface area (Å²) in [6.45, 7) is 1.97. The summed E-state index contributed by atoms with van der Waals surface area (Å²) in [5.41, 5.74) is 2.70. The van der Waals surface area contributed by atoms with E-state index in [1.807, 2.05) is 24.3 Å². The Labute approximate surface area is 175 Å². The molecule has 4 nitrogen and oxygen atoms in total. The lowest BCUT2D eigenvalue weighted by Gasteiger charge is -2.38. The van der Waals surface area contributed by atoms with E-state index in [9.17, 15) is 9.59 Å². The Morgan fingerprint density at radius 3 is 2.14 bits per heavy atom. The molecule has 5 heteroatoms. The molecule has 0 aliphatic heterocycles. The van der Waals surface area contributed by atoms with Gasteiger partial charge in [0.1, 0.15) is 0 Å². The Kier molecular flexibility index (Phi) is 6.89. The predicted octanol–water partition coefficient (Wildman–Crippen LogP) is 4.76. The lowest BCUT2D eigenvalue weighted by atomic mass is 9.77. The van der Waals surface area contributed by atoms with E-state index in [0.29, 0.717) is 12.1 Å². The minimum atomic E-state index is -0.183. The molecule has 0 aromatic heterocycles. The van der Waals surface area contributed by atoms with Crippen LogP contribution in [0, 0.1) is 0 Å². The summed E-state index contributed by atoms with van der Waals surface area (Å²) in [6.07, 6.45) is 6.40. The molecule has 1 saturated carbocycles. The summed E-state index contributed by atoms with van der Waals surface area (Å²) in [4.78, 5) is 24.0. The van der Waals surface area contributed by atoms with Gasteiger partial charge in [-0.15, -0.1) is 0 Å². The van der Waals surface area contributed by atoms with Gasteiger partial charge in [0.05, 0.1) is 0 Å². The number of benzene rings is 2. The molecule has 2 aromatic carbocycles. The predicted molar refractivity (Wildman–Crippen MR) is 115 cm³/mol. The molecule has 2 amide bonds. The Bertz CT molecular complexity index is 810. The molecular formula is C23H27BrN2O2. The van der Waals surface area contributed by atoms with E-state index in [-0.39, 0.29) is 17.4 Å². The number of rotatable bonds is 6. The molecule has 3 rings (SSSR count). The fraction of sp³-hybridized carbons (Fsp3) is 0.391. The van der Waals surface area contributed by atoms with Crippen LogP contribution >= 0.6 is 15.9 Å². The first-order valence-electron chi connectivity index (χ1n) is 9.86. The summed E-state index contributed by atoms with van der Waals surface area (Å²) >= 11 is 3.49. The zero-order valence-electron chi connectivity index (χ0n) is 16.3. The van der Waals surface area contributed by atoms with Crippen LogP contribution in [0.1, 0.15) is 60.5 Å². The minimum Gasteiger partial charge on any atom is -0.352 e. The van der Waals surface area contributed by atoms with Gasteiger partial charge < -0.3 is 10.6 Å². The maximum absolute atomic E-state index is 13.0. The Morgan fingerprint density at radius 2 is 1.54 bits per heavy atom. The van der Waals surface area contributed by atoms with Crippen molar-refractivity contribution in [1.82, 2.24) is 10.6 Å². The van der Waals surface area contributed by atoms with Gasteiger partial charge in [-0.25, -0.2) is 0 Å². The molecule has 0 spiro atoms. The quantitative estimate of drug-likeness (QED) is 0.677. The van der Waals surface area contributed by atoms with E-state index >= 15 is 0 Å². The third-order valence-corrected chi connectivity index (χ3v) is 5.93. The summed E-state index contributed by atoms with van der Waals surface area (Å²) in [5.74, 6) is -0.0842. The van der Waals surface area contributed by atoms with Crippen molar-refractivity contribution < 1.29 is 9.59 Å². The lowest BCUT2D eigenvalue weighted by molar-refractivity contribution is -0.119. The molecule has 148 valence electrons. The normalized spacial score (nSPS) is 15.6. The molecule has 28 heavy (non-hydrogen) atoms. The smallest absolute Gasteiger partial charge is 0.251 e. The van der Waals surface area contributed by atoms with Crippen LogP contribution < -0.4 is 10.6 Å². The third kappa shape index (κ3) is 5.68. The standard InChI is InChI=1S/C23H27BrN2O2/c1-17(27)25-16-19-5-9-20(10-6-19)22(28)26-23(13-3-2-4-14-23)15-18-7-11-21(24)12-8-18/h5-12H,2-4,13-16H2,1H3,(H,25,27)(H,26,28). The van der Waals surface area contributed by atoms with Crippen molar-refractivity contribution in [3.63, 3.8) is 0 Å². The van der Waals surface area contributed by atoms with E-state index in [1.165, 1.54) is 18.9 Å². The number of hydrogen-bond acceptors (Lipinski definition) is 2. The largest absolute Gasteiger partial charge is 0.352 e. The highest BCUT2D eigenvalue weighted by Crippen LogP contribution is 2.32. The van der Waals surface area contributed by atoms with Gasteiger partial charge in [0.2, 0.25) is 5.91 Å². The number of carbonyl (C=O) groups is 2. The van der Waals surface area contributed by atoms with Crippen LogP contribution in [0.5, 0.6) is 0 Å². The van der Waals surface area contributed by atoms with Gasteiger partial charge >= 0.3 is 0 Å². The highest BCUT2D eigenvalue weighted by Gasteiger charge is 2.34. The van der Waals surface area contributed by atoms with Crippen molar-refractivity contribution in [1.29, 1.82) is 0 Å². The van der Waals surface area contributed by atoms with Crippen LogP contribution in [0.3, 0.4) is 0 Å². The van der Waals surface area contributed by atoms with Crippen molar-refractivity contribution in [2.75, 3.05) is 0 Å². The zero-order valence-corrected chi connectivity index (χ0v) is 17.8. The second kappa shape index (κ2) is 9.37. The summed E-state index contributed by atoms with van der Waals surface area (Å²) < 4.78 is 1.07. The van der Waals surface area contributed by atoms with Gasteiger partial charge in [0.15, 0.2) is 0 Å². The SMILES string of the molecule is CC(=O)NCc1ccc(C(=O)NC2(Cc3ccc(Br)cc3)CCCCC2)cc1. The van der Waals surface area contributed by atoms with Crippen LogP contribution in [0.4, 0.5) is 0 Å². The van der Waals surface area contributed by atoms with Gasteiger partial charge in [-0.2, -0.15) is 0 Å². The maximum atomic E-state index is 13.0. The molecule has 0 saturated heterocycles. The number of amides is 2. The molecule has 1 fully saturated rings. The van der Waals surface area contributed by atoms with E-state index in [1.54, 1.807) is 0 Å². The van der Waals surface area contributed by atoms with Crippen LogP contribution in [0.2, 0.25) is 0 Å². The molecule has 0 heterocycles. The first-order chi connectivity index (χ1) is 13.5. The maximum Gasteiger partial charge on any atom is 0.251 e. The van der Waals surface area contributed by atoms with Crippen molar-refractivity contribution in [2.45, 2.75) is 57.5 Å². The molecule has 0 radical (unpaired) electrons. The van der Waals surface area contributed by atoms with E-state index in [4.69, 9.17) is 0 Å². The van der Waals surface area contributed by atoms with Crippen LogP contribution in [0.15, 0.2) is 53.0 Å². The van der Waals surface area contributed by atoms with Crippen molar-refractivity contribution >= 4 is 27.7 Å². The highest BCUT2D eigenvalue weighted by atomic mass is 79.9. The minimum absolute atomic E-state index is 0.0231. The second-order valence-electron chi connectivity index (χ2n) is 7.71.